The lowest BCUT2D eigenvalue weighted by molar-refractivity contribution is -0.132. The molecule has 0 bridgehead atoms. The van der Waals surface area contributed by atoms with Crippen LogP contribution in [0.5, 0.6) is 0 Å². The van der Waals surface area contributed by atoms with Crippen molar-refractivity contribution >= 4 is 57.6 Å². The molecule has 2 atom stereocenters. The molecule has 11 heteroatoms. The molecular weight excluding hydrogens is 554 g/mol. The van der Waals surface area contributed by atoms with E-state index in [0.29, 0.717) is 29.8 Å². The van der Waals surface area contributed by atoms with E-state index in [9.17, 15) is 9.59 Å². The maximum Gasteiger partial charge on any atom is 0.331 e. The zero-order valence-electron chi connectivity index (χ0n) is 21.2. The summed E-state index contributed by atoms with van der Waals surface area (Å²) in [5, 5.41) is 13.9. The normalized spacial score (nSPS) is 13.3. The molecule has 1 amide bonds. The van der Waals surface area contributed by atoms with Gasteiger partial charge in [0.2, 0.25) is 0 Å². The number of nitrogens with zero attached hydrogens (tertiary/aromatic N) is 1. The van der Waals surface area contributed by atoms with Gasteiger partial charge in [0.25, 0.3) is 5.91 Å². The van der Waals surface area contributed by atoms with Gasteiger partial charge >= 0.3 is 5.97 Å². The van der Waals surface area contributed by atoms with E-state index in [-0.39, 0.29) is 38.0 Å². The fraction of sp³-hybridized carbons (Fsp3) is 0.296. The topological polar surface area (TPSA) is 97.8 Å². The summed E-state index contributed by atoms with van der Waals surface area (Å²) >= 11 is 13.7. The Bertz CT molecular complexity index is 1340. The zero-order chi connectivity index (χ0) is 28.0. The van der Waals surface area contributed by atoms with Gasteiger partial charge in [0.05, 0.1) is 21.8 Å². The number of nitrogens with one attached hydrogen (secondary N) is 1. The highest BCUT2D eigenvalue weighted by atomic mass is 35.5. The van der Waals surface area contributed by atoms with Crippen LogP contribution in [-0.2, 0) is 14.3 Å². The highest BCUT2D eigenvalue weighted by molar-refractivity contribution is 7.14. The van der Waals surface area contributed by atoms with Crippen molar-refractivity contribution in [2.75, 3.05) is 19.0 Å². The molecule has 7 nitrogen and oxygen atoms in total. The van der Waals surface area contributed by atoms with Gasteiger partial charge in [-0.2, -0.15) is 0 Å². The van der Waals surface area contributed by atoms with Gasteiger partial charge in [-0.1, -0.05) is 42.3 Å². The minimum Gasteiger partial charge on any atom is -0.478 e. The first-order valence-corrected chi connectivity index (χ1v) is 13.3. The number of carboxylic acid groups (broad SMARTS) is 1. The van der Waals surface area contributed by atoms with Gasteiger partial charge in [-0.25, -0.2) is 14.2 Å². The lowest BCUT2D eigenvalue weighted by atomic mass is 9.98. The third kappa shape index (κ3) is 6.78. The van der Waals surface area contributed by atoms with E-state index in [4.69, 9.17) is 37.8 Å². The van der Waals surface area contributed by atoms with Crippen LogP contribution in [0.2, 0.25) is 10.0 Å². The first-order chi connectivity index (χ1) is 18.1. The van der Waals surface area contributed by atoms with Gasteiger partial charge in [0.15, 0.2) is 5.13 Å². The predicted octanol–water partition coefficient (Wildman–Crippen LogP) is 7.50. The maximum absolute atomic E-state index is 15.6. The smallest absolute Gasteiger partial charge is 0.331 e. The van der Waals surface area contributed by atoms with Crippen molar-refractivity contribution in [1.82, 2.24) is 4.98 Å². The second-order valence-electron chi connectivity index (χ2n) is 8.25. The molecule has 1 heterocycles. The fourth-order valence-corrected chi connectivity index (χ4v) is 5.14. The van der Waals surface area contributed by atoms with Crippen molar-refractivity contribution < 1.29 is 28.6 Å². The Kier molecular flexibility index (Phi) is 10.4. The molecule has 0 aliphatic heterocycles. The third-order valence-corrected chi connectivity index (χ3v) is 7.13. The van der Waals surface area contributed by atoms with E-state index in [0.717, 1.165) is 11.3 Å². The van der Waals surface area contributed by atoms with Crippen LogP contribution in [0.3, 0.4) is 0 Å². The number of halogens is 3. The number of amides is 1. The number of methoxy groups -OCH3 is 1. The van der Waals surface area contributed by atoms with Gasteiger partial charge in [0, 0.05) is 46.9 Å². The van der Waals surface area contributed by atoms with Crippen molar-refractivity contribution in [2.45, 2.75) is 39.4 Å². The average molecular weight is 581 g/mol. The molecule has 0 saturated heterocycles. The SMILES string of the molecule is CCOC(CC)C(OC)c1cccc(-c2csc(NC(=O)c3cc(Cl)c(/C=C(\C)C(=O)O)c(Cl)c3)n2)c1F. The van der Waals surface area contributed by atoms with Crippen LogP contribution in [0.25, 0.3) is 17.3 Å². The number of hydrogen-bond acceptors (Lipinski definition) is 6. The van der Waals surface area contributed by atoms with E-state index in [1.165, 1.54) is 32.2 Å². The van der Waals surface area contributed by atoms with Crippen LogP contribution in [0, 0.1) is 5.82 Å². The van der Waals surface area contributed by atoms with Crippen molar-refractivity contribution in [2.24, 2.45) is 0 Å². The Labute approximate surface area is 234 Å². The summed E-state index contributed by atoms with van der Waals surface area (Å²) in [6.45, 7) is 5.71. The quantitative estimate of drug-likeness (QED) is 0.228. The van der Waals surface area contributed by atoms with Gasteiger partial charge in [-0.05, 0) is 44.5 Å². The number of thiazole rings is 1. The molecule has 0 radical (unpaired) electrons. The van der Waals surface area contributed by atoms with Crippen LogP contribution in [0.1, 0.15) is 54.8 Å². The predicted molar refractivity (Wildman–Crippen MR) is 149 cm³/mol. The average Bonchev–Trinajstić information content (AvgIpc) is 3.34. The Morgan fingerprint density at radius 3 is 2.50 bits per heavy atom. The second-order valence-corrected chi connectivity index (χ2v) is 9.92. The molecule has 1 aromatic heterocycles. The molecule has 0 fully saturated rings. The highest BCUT2D eigenvalue weighted by Crippen LogP contribution is 2.34. The molecule has 0 aliphatic rings. The van der Waals surface area contributed by atoms with Gasteiger partial charge < -0.3 is 14.6 Å². The van der Waals surface area contributed by atoms with Crippen molar-refractivity contribution in [1.29, 1.82) is 0 Å². The number of aliphatic carboxylic acids is 1. The van der Waals surface area contributed by atoms with E-state index in [2.05, 4.69) is 10.3 Å². The number of hydrogen-bond donors (Lipinski definition) is 2. The van der Waals surface area contributed by atoms with Crippen LogP contribution < -0.4 is 5.32 Å². The van der Waals surface area contributed by atoms with Crippen LogP contribution in [-0.4, -0.2) is 41.8 Å². The monoisotopic (exact) mass is 580 g/mol. The lowest BCUT2D eigenvalue weighted by Crippen LogP contribution is -2.24. The van der Waals surface area contributed by atoms with E-state index < -0.39 is 23.8 Å². The highest BCUT2D eigenvalue weighted by Gasteiger charge is 2.27. The number of anilines is 1. The van der Waals surface area contributed by atoms with Crippen molar-refractivity contribution in [3.05, 3.63) is 73.8 Å². The lowest BCUT2D eigenvalue weighted by Gasteiger charge is -2.26. The standard InChI is InChI=1S/C27H27Cl2FN2O5S/c1-5-22(37-6-2)24(36-4)17-9-7-8-16(23(17)30)21-13-38-27(31-21)32-25(33)15-11-19(28)18(20(29)12-15)10-14(3)26(34)35/h7-13,22,24H,5-6H2,1-4H3,(H,34,35)(H,31,32,33)/b14-10+. The summed E-state index contributed by atoms with van der Waals surface area (Å²) in [5.41, 5.74) is 1.46. The van der Waals surface area contributed by atoms with Crippen molar-refractivity contribution in [3.63, 3.8) is 0 Å². The number of benzene rings is 2. The Morgan fingerprint density at radius 1 is 1.24 bits per heavy atom. The minimum atomic E-state index is -1.11. The van der Waals surface area contributed by atoms with Gasteiger partial charge in [-0.3, -0.25) is 10.1 Å². The molecule has 0 spiro atoms. The van der Waals surface area contributed by atoms with Crippen LogP contribution in [0.4, 0.5) is 9.52 Å². The fourth-order valence-electron chi connectivity index (χ4n) is 3.84. The number of carboxylic acids is 1. The summed E-state index contributed by atoms with van der Waals surface area (Å²) in [4.78, 5) is 28.3. The molecule has 0 saturated carbocycles. The summed E-state index contributed by atoms with van der Waals surface area (Å²) in [6, 6.07) is 7.76. The first kappa shape index (κ1) is 29.7. The molecule has 2 unspecified atom stereocenters. The summed E-state index contributed by atoms with van der Waals surface area (Å²) in [6.07, 6.45) is 1.07. The van der Waals surface area contributed by atoms with Crippen molar-refractivity contribution in [3.8, 4) is 11.3 Å². The Balaban J connectivity index is 1.85. The summed E-state index contributed by atoms with van der Waals surface area (Å²) in [7, 11) is 1.52. The largest absolute Gasteiger partial charge is 0.478 e. The number of ether oxygens (including phenoxy) is 2. The first-order valence-electron chi connectivity index (χ1n) is 11.7. The van der Waals surface area contributed by atoms with Crippen LogP contribution in [0.15, 0.2) is 41.3 Å². The molecular formula is C27H27Cl2FN2O5S. The minimum absolute atomic E-state index is 0.0394. The second kappa shape index (κ2) is 13.3. The number of carbonyl (C=O) groups is 2. The Morgan fingerprint density at radius 2 is 1.92 bits per heavy atom. The van der Waals surface area contributed by atoms with E-state index >= 15 is 4.39 Å². The van der Waals surface area contributed by atoms with Crippen LogP contribution >= 0.6 is 34.5 Å². The molecule has 202 valence electrons. The third-order valence-electron chi connectivity index (χ3n) is 5.75. The molecule has 3 rings (SSSR count). The molecule has 0 aliphatic carbocycles. The molecule has 38 heavy (non-hydrogen) atoms. The maximum atomic E-state index is 15.6. The number of rotatable bonds is 11. The van der Waals surface area contributed by atoms with E-state index in [1.54, 1.807) is 23.6 Å². The van der Waals surface area contributed by atoms with E-state index in [1.807, 2.05) is 13.8 Å². The number of carbonyl (C=O) groups excluding carboxylic acids is 1. The molecule has 2 aromatic carbocycles. The summed E-state index contributed by atoms with van der Waals surface area (Å²) in [5.74, 6) is -2.12. The number of aromatic nitrogens is 1. The summed E-state index contributed by atoms with van der Waals surface area (Å²) < 4.78 is 26.9. The zero-order valence-corrected chi connectivity index (χ0v) is 23.5. The van der Waals surface area contributed by atoms with Gasteiger partial charge in [0.1, 0.15) is 11.9 Å². The Hall–Kier alpha value is -2.82. The molecule has 3 aromatic rings. The molecule has 2 N–H and O–H groups in total. The van der Waals surface area contributed by atoms with Gasteiger partial charge in [-0.15, -0.1) is 11.3 Å².